The van der Waals surface area contributed by atoms with Crippen LogP contribution in [0.25, 0.3) is 10.6 Å². The highest BCUT2D eigenvalue weighted by atomic mass is 32.2. The summed E-state index contributed by atoms with van der Waals surface area (Å²) in [6.07, 6.45) is 1.15. The Morgan fingerprint density at radius 1 is 1.24 bits per heavy atom. The van der Waals surface area contributed by atoms with Gasteiger partial charge in [0.2, 0.25) is 10.2 Å². The SMILES string of the molecule is Cc1cn(CC(=O)N(CCNS(=O)(=O)c2nnc(-c3ccc([N+](=O)[O-])cc3)s2)CC(=O)O)c(=O)[nH]c1=O. The fraction of sp³-hybridized carbons (Fsp3) is 0.263. The Hall–Kier alpha value is -4.29. The Kier molecular flexibility index (Phi) is 8.25. The minimum absolute atomic E-state index is 0.149. The minimum Gasteiger partial charge on any atom is -0.480 e. The number of hydrogen-bond acceptors (Lipinski definition) is 11. The molecule has 0 fully saturated rings. The number of carbonyl (C=O) groups is 2. The number of aromatic nitrogens is 4. The van der Waals surface area contributed by atoms with Crippen LogP contribution in [-0.2, 0) is 26.2 Å². The standard InChI is InChI=1S/C19H19N7O9S2/c1-11-8-25(18(31)21-16(11)30)9-14(27)24(10-15(28)29)7-6-20-37(34,35)19-23-22-17(36-19)12-2-4-13(5-3-12)26(32)33/h2-5,8,20H,6-7,9-10H2,1H3,(H,28,29)(H,21,30,31). The molecule has 18 heteroatoms. The quantitative estimate of drug-likeness (QED) is 0.196. The molecule has 3 rings (SSSR count). The topological polar surface area (TPSA) is 228 Å². The zero-order valence-corrected chi connectivity index (χ0v) is 20.6. The number of sulfonamides is 1. The summed E-state index contributed by atoms with van der Waals surface area (Å²) in [5, 5.41) is 27.5. The first-order valence-corrected chi connectivity index (χ1v) is 12.6. The van der Waals surface area contributed by atoms with E-state index in [1.54, 1.807) is 0 Å². The van der Waals surface area contributed by atoms with Crippen molar-refractivity contribution in [2.24, 2.45) is 0 Å². The molecule has 16 nitrogen and oxygen atoms in total. The molecule has 0 bridgehead atoms. The molecule has 1 aromatic carbocycles. The van der Waals surface area contributed by atoms with Gasteiger partial charge in [0.1, 0.15) is 18.1 Å². The number of nitro groups is 1. The molecule has 0 aliphatic carbocycles. The summed E-state index contributed by atoms with van der Waals surface area (Å²) >= 11 is 0.705. The van der Waals surface area contributed by atoms with Crippen molar-refractivity contribution in [3.63, 3.8) is 0 Å². The second kappa shape index (κ2) is 11.2. The minimum atomic E-state index is -4.19. The molecule has 2 aromatic heterocycles. The van der Waals surface area contributed by atoms with Crippen LogP contribution in [0, 0.1) is 17.0 Å². The van der Waals surface area contributed by atoms with Crippen molar-refractivity contribution in [3.8, 4) is 10.6 Å². The van der Waals surface area contributed by atoms with Crippen molar-refractivity contribution in [1.82, 2.24) is 29.4 Å². The summed E-state index contributed by atoms with van der Waals surface area (Å²) in [5.74, 6) is -2.16. The number of carbonyl (C=O) groups excluding carboxylic acids is 1. The largest absolute Gasteiger partial charge is 0.480 e. The lowest BCUT2D eigenvalue weighted by atomic mass is 10.2. The number of hydrogen-bond donors (Lipinski definition) is 3. The number of aromatic amines is 1. The lowest BCUT2D eigenvalue weighted by molar-refractivity contribution is -0.384. The van der Waals surface area contributed by atoms with Crippen LogP contribution in [-0.4, -0.2) is 74.6 Å². The molecule has 1 amide bonds. The van der Waals surface area contributed by atoms with E-state index in [1.807, 2.05) is 4.98 Å². The van der Waals surface area contributed by atoms with E-state index in [0.717, 1.165) is 15.7 Å². The highest BCUT2D eigenvalue weighted by molar-refractivity contribution is 7.91. The fourth-order valence-electron chi connectivity index (χ4n) is 2.97. The molecule has 0 spiro atoms. The van der Waals surface area contributed by atoms with Gasteiger partial charge in [-0.2, -0.15) is 0 Å². The third-order valence-electron chi connectivity index (χ3n) is 4.81. The summed E-state index contributed by atoms with van der Waals surface area (Å²) in [7, 11) is -4.19. The number of nitrogens with one attached hydrogen (secondary N) is 2. The maximum absolute atomic E-state index is 12.6. The van der Waals surface area contributed by atoms with Crippen molar-refractivity contribution in [2.45, 2.75) is 17.8 Å². The molecule has 3 aromatic rings. The van der Waals surface area contributed by atoms with Crippen LogP contribution in [0.4, 0.5) is 5.69 Å². The fourth-order valence-corrected chi connectivity index (χ4v) is 5.04. The van der Waals surface area contributed by atoms with E-state index >= 15 is 0 Å². The van der Waals surface area contributed by atoms with Crippen LogP contribution in [0.3, 0.4) is 0 Å². The van der Waals surface area contributed by atoms with Crippen LogP contribution in [0.5, 0.6) is 0 Å². The number of nitro benzene ring substituents is 1. The van der Waals surface area contributed by atoms with E-state index in [0.29, 0.717) is 16.9 Å². The van der Waals surface area contributed by atoms with Crippen LogP contribution >= 0.6 is 11.3 Å². The molecule has 0 saturated carbocycles. The molecule has 0 unspecified atom stereocenters. The molecular formula is C19H19N7O9S2. The number of non-ortho nitro benzene ring substituents is 1. The Morgan fingerprint density at radius 3 is 2.54 bits per heavy atom. The molecule has 3 N–H and O–H groups in total. The highest BCUT2D eigenvalue weighted by Gasteiger charge is 2.23. The monoisotopic (exact) mass is 553 g/mol. The second-order valence-corrected chi connectivity index (χ2v) is 10.4. The molecular weight excluding hydrogens is 534 g/mol. The maximum atomic E-state index is 12.6. The van der Waals surface area contributed by atoms with E-state index in [4.69, 9.17) is 5.11 Å². The molecule has 37 heavy (non-hydrogen) atoms. The summed E-state index contributed by atoms with van der Waals surface area (Å²) < 4.78 is 27.9. The van der Waals surface area contributed by atoms with Gasteiger partial charge in [-0.3, -0.25) is 34.0 Å². The number of aryl methyl sites for hydroxylation is 1. The van der Waals surface area contributed by atoms with Gasteiger partial charge >= 0.3 is 11.7 Å². The van der Waals surface area contributed by atoms with E-state index in [9.17, 15) is 37.7 Å². The van der Waals surface area contributed by atoms with Gasteiger partial charge in [0.05, 0.1) is 4.92 Å². The molecule has 0 radical (unpaired) electrons. The van der Waals surface area contributed by atoms with Crippen molar-refractivity contribution < 1.29 is 28.0 Å². The van der Waals surface area contributed by atoms with Gasteiger partial charge < -0.3 is 10.0 Å². The van der Waals surface area contributed by atoms with Gasteiger partial charge in [-0.1, -0.05) is 11.3 Å². The number of aliphatic carboxylic acids is 1. The molecule has 0 aliphatic heterocycles. The average Bonchev–Trinajstić information content (AvgIpc) is 3.33. The Bertz CT molecular complexity index is 1560. The first-order valence-electron chi connectivity index (χ1n) is 10.3. The summed E-state index contributed by atoms with van der Waals surface area (Å²) in [6, 6.07) is 5.26. The third kappa shape index (κ3) is 6.90. The number of rotatable bonds is 11. The zero-order chi connectivity index (χ0) is 27.3. The number of H-pyrrole nitrogens is 1. The van der Waals surface area contributed by atoms with Crippen LogP contribution in [0.2, 0.25) is 0 Å². The summed E-state index contributed by atoms with van der Waals surface area (Å²) in [4.78, 5) is 60.3. The number of amides is 1. The predicted molar refractivity (Wildman–Crippen MR) is 127 cm³/mol. The Labute approximate surface area is 211 Å². The first kappa shape index (κ1) is 27.3. The van der Waals surface area contributed by atoms with Crippen molar-refractivity contribution in [1.29, 1.82) is 0 Å². The van der Waals surface area contributed by atoms with Gasteiger partial charge in [0.25, 0.3) is 21.3 Å². The van der Waals surface area contributed by atoms with Crippen molar-refractivity contribution >= 4 is 38.9 Å². The zero-order valence-electron chi connectivity index (χ0n) is 19.0. The van der Waals surface area contributed by atoms with E-state index in [1.165, 1.54) is 31.2 Å². The van der Waals surface area contributed by atoms with Crippen LogP contribution in [0.15, 0.2) is 44.4 Å². The molecule has 2 heterocycles. The van der Waals surface area contributed by atoms with E-state index in [-0.39, 0.29) is 29.3 Å². The van der Waals surface area contributed by atoms with Gasteiger partial charge in [-0.05, 0) is 19.1 Å². The number of nitrogens with zero attached hydrogens (tertiary/aromatic N) is 5. The average molecular weight is 554 g/mol. The van der Waals surface area contributed by atoms with Gasteiger partial charge in [0.15, 0.2) is 0 Å². The van der Waals surface area contributed by atoms with Gasteiger partial charge in [0, 0.05) is 42.5 Å². The smallest absolute Gasteiger partial charge is 0.328 e. The summed E-state index contributed by atoms with van der Waals surface area (Å²) in [6.45, 7) is -0.654. The lowest BCUT2D eigenvalue weighted by Gasteiger charge is -2.21. The van der Waals surface area contributed by atoms with Crippen LogP contribution in [0.1, 0.15) is 5.56 Å². The van der Waals surface area contributed by atoms with Crippen LogP contribution < -0.4 is 16.0 Å². The predicted octanol–water partition coefficient (Wildman–Crippen LogP) is -0.837. The van der Waals surface area contributed by atoms with E-state index in [2.05, 4.69) is 14.9 Å². The number of benzene rings is 1. The third-order valence-corrected chi connectivity index (χ3v) is 7.61. The maximum Gasteiger partial charge on any atom is 0.328 e. The lowest BCUT2D eigenvalue weighted by Crippen LogP contribution is -2.44. The normalized spacial score (nSPS) is 11.3. The first-order chi connectivity index (χ1) is 17.4. The van der Waals surface area contributed by atoms with Crippen molar-refractivity contribution in [3.05, 3.63) is 67.0 Å². The number of carboxylic acid groups (broad SMARTS) is 1. The Morgan fingerprint density at radius 2 is 1.92 bits per heavy atom. The number of carboxylic acids is 1. The molecule has 0 saturated heterocycles. The molecule has 196 valence electrons. The molecule has 0 aliphatic rings. The Balaban J connectivity index is 1.67. The van der Waals surface area contributed by atoms with Gasteiger partial charge in [-0.25, -0.2) is 17.9 Å². The summed E-state index contributed by atoms with van der Waals surface area (Å²) in [5.41, 5.74) is -1.06. The molecule has 0 atom stereocenters. The van der Waals surface area contributed by atoms with Crippen molar-refractivity contribution in [2.75, 3.05) is 19.6 Å². The highest BCUT2D eigenvalue weighted by Crippen LogP contribution is 2.27. The van der Waals surface area contributed by atoms with Gasteiger partial charge in [-0.15, -0.1) is 10.2 Å². The second-order valence-electron chi connectivity index (χ2n) is 7.48. The van der Waals surface area contributed by atoms with E-state index < -0.39 is 55.5 Å².